The zero-order valence-electron chi connectivity index (χ0n) is 15.8. The van der Waals surface area contributed by atoms with Crippen LogP contribution in [0.5, 0.6) is 0 Å². The van der Waals surface area contributed by atoms with Crippen LogP contribution in [0.2, 0.25) is 0 Å². The standard InChI is InChI=1S/C20H25N3O4S/c1-2-19(24)21-16-4-3-10-22(13-16)28(26,27)17-7-8-18-15(12-17)9-11-23(18)20(25)14-5-6-14/h2,7-8,12,14,16H,1,3-6,9-11,13H2,(H,21,24)/t16-/m0/s1. The molecule has 0 spiro atoms. The minimum Gasteiger partial charge on any atom is -0.349 e. The fraction of sp³-hybridized carbons (Fsp3) is 0.500. The smallest absolute Gasteiger partial charge is 0.243 e. The topological polar surface area (TPSA) is 86.8 Å². The van der Waals surface area contributed by atoms with Crippen LogP contribution >= 0.6 is 0 Å². The van der Waals surface area contributed by atoms with Gasteiger partial charge in [-0.15, -0.1) is 0 Å². The summed E-state index contributed by atoms with van der Waals surface area (Å²) in [5, 5.41) is 2.79. The maximum atomic E-state index is 13.1. The molecule has 150 valence electrons. The first-order valence-corrected chi connectivity index (χ1v) is 11.2. The normalized spacial score (nSPS) is 22.6. The Hall–Kier alpha value is -2.19. The lowest BCUT2D eigenvalue weighted by atomic mass is 10.1. The van der Waals surface area contributed by atoms with Gasteiger partial charge >= 0.3 is 0 Å². The lowest BCUT2D eigenvalue weighted by molar-refractivity contribution is -0.119. The quantitative estimate of drug-likeness (QED) is 0.754. The summed E-state index contributed by atoms with van der Waals surface area (Å²) < 4.78 is 27.7. The molecular weight excluding hydrogens is 378 g/mol. The van der Waals surface area contributed by atoms with Crippen LogP contribution in [0.4, 0.5) is 5.69 Å². The third-order valence-corrected chi connectivity index (χ3v) is 7.55. The number of hydrogen-bond donors (Lipinski definition) is 1. The molecule has 3 aliphatic rings. The lowest BCUT2D eigenvalue weighted by Gasteiger charge is -2.32. The highest BCUT2D eigenvalue weighted by Crippen LogP contribution is 2.37. The molecule has 28 heavy (non-hydrogen) atoms. The number of carbonyl (C=O) groups excluding carboxylic acids is 2. The molecule has 0 bridgehead atoms. The molecule has 8 heteroatoms. The molecule has 1 aromatic carbocycles. The van der Waals surface area contributed by atoms with Gasteiger partial charge in [-0.3, -0.25) is 9.59 Å². The molecule has 0 aromatic heterocycles. The maximum absolute atomic E-state index is 13.1. The van der Waals surface area contributed by atoms with Crippen molar-refractivity contribution in [2.75, 3.05) is 24.5 Å². The summed E-state index contributed by atoms with van der Waals surface area (Å²) in [7, 11) is -3.65. The van der Waals surface area contributed by atoms with Gasteiger partial charge in [-0.1, -0.05) is 6.58 Å². The number of amides is 2. The Balaban J connectivity index is 1.52. The fourth-order valence-corrected chi connectivity index (χ4v) is 5.58. The molecule has 2 heterocycles. The molecule has 1 N–H and O–H groups in total. The SMILES string of the molecule is C=CC(=O)N[C@H]1CCCN(S(=O)(=O)c2ccc3c(c2)CCN3C(=O)C2CC2)C1. The van der Waals surface area contributed by atoms with Crippen molar-refractivity contribution >= 4 is 27.5 Å². The Morgan fingerprint density at radius 2 is 1.96 bits per heavy atom. The first kappa shape index (κ1) is 19.1. The maximum Gasteiger partial charge on any atom is 0.243 e. The van der Waals surface area contributed by atoms with Gasteiger partial charge in [0.2, 0.25) is 21.8 Å². The van der Waals surface area contributed by atoms with E-state index in [9.17, 15) is 18.0 Å². The molecule has 0 radical (unpaired) electrons. The van der Waals surface area contributed by atoms with Crippen molar-refractivity contribution in [1.29, 1.82) is 0 Å². The molecule has 2 amide bonds. The van der Waals surface area contributed by atoms with Gasteiger partial charge in [-0.25, -0.2) is 8.42 Å². The zero-order chi connectivity index (χ0) is 19.9. The molecule has 1 atom stereocenters. The highest BCUT2D eigenvalue weighted by atomic mass is 32.2. The van der Waals surface area contributed by atoms with Gasteiger partial charge in [-0.2, -0.15) is 4.31 Å². The molecule has 1 aromatic rings. The summed E-state index contributed by atoms with van der Waals surface area (Å²) in [6, 6.07) is 4.85. The predicted octanol–water partition coefficient (Wildman–Crippen LogP) is 1.44. The van der Waals surface area contributed by atoms with Crippen molar-refractivity contribution in [2.24, 2.45) is 5.92 Å². The molecule has 2 aliphatic heterocycles. The van der Waals surface area contributed by atoms with Gasteiger partial charge in [0, 0.05) is 37.3 Å². The van der Waals surface area contributed by atoms with E-state index in [0.29, 0.717) is 25.9 Å². The van der Waals surface area contributed by atoms with Crippen LogP contribution in [0.25, 0.3) is 0 Å². The summed E-state index contributed by atoms with van der Waals surface area (Å²) in [5.41, 5.74) is 1.74. The number of benzene rings is 1. The number of hydrogen-bond acceptors (Lipinski definition) is 4. The number of piperidine rings is 1. The number of nitrogens with zero attached hydrogens (tertiary/aromatic N) is 2. The zero-order valence-corrected chi connectivity index (χ0v) is 16.6. The Bertz CT molecular complexity index is 923. The van der Waals surface area contributed by atoms with Gasteiger partial charge in [0.05, 0.1) is 4.90 Å². The van der Waals surface area contributed by atoms with Crippen LogP contribution < -0.4 is 10.2 Å². The summed E-state index contributed by atoms with van der Waals surface area (Å²) in [6.07, 6.45) is 5.22. The Morgan fingerprint density at radius 1 is 1.18 bits per heavy atom. The highest BCUT2D eigenvalue weighted by Gasteiger charge is 2.37. The molecule has 1 aliphatic carbocycles. The van der Waals surface area contributed by atoms with Crippen LogP contribution in [0.1, 0.15) is 31.2 Å². The van der Waals surface area contributed by atoms with Crippen molar-refractivity contribution in [1.82, 2.24) is 9.62 Å². The second-order valence-corrected chi connectivity index (χ2v) is 9.66. The van der Waals surface area contributed by atoms with E-state index < -0.39 is 10.0 Å². The molecule has 0 unspecified atom stereocenters. The summed E-state index contributed by atoms with van der Waals surface area (Å²) in [4.78, 5) is 26.0. The van der Waals surface area contributed by atoms with E-state index in [1.165, 1.54) is 10.4 Å². The van der Waals surface area contributed by atoms with Crippen LogP contribution in [-0.4, -0.2) is 50.2 Å². The van der Waals surface area contributed by atoms with Crippen molar-refractivity contribution in [3.8, 4) is 0 Å². The van der Waals surface area contributed by atoms with Gasteiger partial charge in [0.1, 0.15) is 0 Å². The van der Waals surface area contributed by atoms with E-state index in [1.54, 1.807) is 23.1 Å². The van der Waals surface area contributed by atoms with Crippen LogP contribution in [0.3, 0.4) is 0 Å². The minimum atomic E-state index is -3.65. The number of sulfonamides is 1. The van der Waals surface area contributed by atoms with E-state index in [1.807, 2.05) is 0 Å². The Morgan fingerprint density at radius 3 is 2.68 bits per heavy atom. The second-order valence-electron chi connectivity index (χ2n) is 7.72. The van der Waals surface area contributed by atoms with Crippen LogP contribution in [0.15, 0.2) is 35.7 Å². The highest BCUT2D eigenvalue weighted by molar-refractivity contribution is 7.89. The lowest BCUT2D eigenvalue weighted by Crippen LogP contribution is -2.49. The Kier molecular flexibility index (Phi) is 5.01. The third-order valence-electron chi connectivity index (χ3n) is 5.69. The summed E-state index contributed by atoms with van der Waals surface area (Å²) in [5.74, 6) is 0.0128. The van der Waals surface area contributed by atoms with Crippen LogP contribution in [-0.2, 0) is 26.0 Å². The second kappa shape index (κ2) is 7.33. The number of rotatable bonds is 5. The van der Waals surface area contributed by atoms with Gasteiger partial charge in [0.15, 0.2) is 0 Å². The molecule has 4 rings (SSSR count). The van der Waals surface area contributed by atoms with Gasteiger partial charge < -0.3 is 10.2 Å². The van der Waals surface area contributed by atoms with Gasteiger partial charge in [0.25, 0.3) is 0 Å². The number of carbonyl (C=O) groups is 2. The Labute approximate surface area is 165 Å². The molecule has 2 fully saturated rings. The van der Waals surface area contributed by atoms with Crippen molar-refractivity contribution in [3.05, 3.63) is 36.4 Å². The minimum absolute atomic E-state index is 0.144. The van der Waals surface area contributed by atoms with E-state index in [0.717, 1.165) is 30.5 Å². The average Bonchev–Trinajstić information content (AvgIpc) is 3.46. The van der Waals surface area contributed by atoms with Crippen LogP contribution in [0, 0.1) is 5.92 Å². The number of fused-ring (bicyclic) bond motifs is 1. The van der Waals surface area contributed by atoms with Crippen molar-refractivity contribution in [3.63, 3.8) is 0 Å². The van der Waals surface area contributed by atoms with E-state index >= 15 is 0 Å². The van der Waals surface area contributed by atoms with Crippen molar-refractivity contribution < 1.29 is 18.0 Å². The third kappa shape index (κ3) is 3.58. The van der Waals surface area contributed by atoms with E-state index in [-0.39, 0.29) is 35.2 Å². The predicted molar refractivity (Wildman–Crippen MR) is 105 cm³/mol. The molecular formula is C20H25N3O4S. The summed E-state index contributed by atoms with van der Waals surface area (Å²) >= 11 is 0. The molecule has 1 saturated heterocycles. The fourth-order valence-electron chi connectivity index (χ4n) is 4.01. The monoisotopic (exact) mass is 403 g/mol. The largest absolute Gasteiger partial charge is 0.349 e. The van der Waals surface area contributed by atoms with Gasteiger partial charge in [-0.05, 0) is 61.9 Å². The number of nitrogens with one attached hydrogen (secondary N) is 1. The average molecular weight is 404 g/mol. The number of anilines is 1. The first-order chi connectivity index (χ1) is 13.4. The first-order valence-electron chi connectivity index (χ1n) is 9.77. The van der Waals surface area contributed by atoms with E-state index in [2.05, 4.69) is 11.9 Å². The van der Waals surface area contributed by atoms with Crippen molar-refractivity contribution in [2.45, 2.75) is 43.0 Å². The summed E-state index contributed by atoms with van der Waals surface area (Å²) in [6.45, 7) is 4.75. The molecule has 7 nitrogen and oxygen atoms in total. The van der Waals surface area contributed by atoms with E-state index in [4.69, 9.17) is 0 Å². The molecule has 1 saturated carbocycles.